The lowest BCUT2D eigenvalue weighted by Gasteiger charge is -2.34. The van der Waals surface area contributed by atoms with Gasteiger partial charge in [-0.1, -0.05) is 23.2 Å². The minimum atomic E-state index is -0.986. The van der Waals surface area contributed by atoms with Crippen molar-refractivity contribution in [2.45, 2.75) is 0 Å². The molecule has 0 radical (unpaired) electrons. The van der Waals surface area contributed by atoms with E-state index in [4.69, 9.17) is 23.2 Å². The Morgan fingerprint density at radius 2 is 0.841 bits per heavy atom. The Bertz CT molecular complexity index is 2920. The number of ketones is 4. The molecule has 5 aromatic carbocycles. The molecule has 69 heavy (non-hydrogen) atoms. The Balaban J connectivity index is 0.000000183. The summed E-state index contributed by atoms with van der Waals surface area (Å²) in [6.45, 7) is 3.06. The van der Waals surface area contributed by atoms with Crippen LogP contribution in [0.5, 0.6) is 23.0 Å². The van der Waals surface area contributed by atoms with Gasteiger partial charge in [0.15, 0.2) is 5.78 Å². The van der Waals surface area contributed by atoms with E-state index in [1.165, 1.54) is 50.5 Å². The maximum absolute atomic E-state index is 13.4. The van der Waals surface area contributed by atoms with Crippen LogP contribution in [0.25, 0.3) is 0 Å². The summed E-state index contributed by atoms with van der Waals surface area (Å²) in [4.78, 5) is 78.4. The summed E-state index contributed by atoms with van der Waals surface area (Å²) >= 11 is 11.7. The van der Waals surface area contributed by atoms with Gasteiger partial charge in [-0.3, -0.25) is 19.2 Å². The number of cyclic esters (lactones) is 2. The number of phenolic OH excluding ortho intramolecular Hbond substituents is 4. The standard InChI is InChI=1S/C22H28N4O5.C18H17ClN2O4.C8H2ClFO3/c1-25(2)11-9-23-13-5-6-14(24-10-12-26(3,4)31)18-17(13)21(29)19-15(27)7-8-16(28)20(19)22(18)30;1-21(2)8-7-20-10-4-3-9(19)13-14(10)18(25)16-12(23)6-5-11(22)15(16)17(13)24;9-3-1-2-4(10)6-5(3)7(11)13-8(6)12/h5-8,23-24,27-28H,9-12H2,1-4H3;3-6,20,22-23H,7-8H2,1-2H3;1-2H. The molecule has 8 rings (SSSR count). The lowest BCUT2D eigenvalue weighted by molar-refractivity contribution is -0.838. The summed E-state index contributed by atoms with van der Waals surface area (Å²) in [5.41, 5.74) is 0.329. The molecule has 2 aliphatic carbocycles. The molecule has 0 atom stereocenters. The van der Waals surface area contributed by atoms with Gasteiger partial charge in [0.25, 0.3) is 0 Å². The number of quaternary nitrogens is 1. The van der Waals surface area contributed by atoms with Gasteiger partial charge in [-0.15, -0.1) is 0 Å². The van der Waals surface area contributed by atoms with E-state index in [0.29, 0.717) is 36.7 Å². The molecule has 21 heteroatoms. The molecule has 0 amide bonds. The van der Waals surface area contributed by atoms with Gasteiger partial charge in [-0.25, -0.2) is 14.0 Å². The Kier molecular flexibility index (Phi) is 15.3. The molecule has 1 heterocycles. The first-order valence-corrected chi connectivity index (χ1v) is 21.8. The second-order valence-electron chi connectivity index (χ2n) is 16.9. The minimum Gasteiger partial charge on any atom is -0.633 e. The number of nitrogens with zero attached hydrogens (tertiary/aromatic N) is 3. The van der Waals surface area contributed by atoms with E-state index in [1.807, 2.05) is 38.0 Å². The zero-order valence-corrected chi connectivity index (χ0v) is 39.6. The topological polar surface area (TPSA) is 258 Å². The number of esters is 2. The molecule has 0 saturated heterocycles. The van der Waals surface area contributed by atoms with Crippen molar-refractivity contribution < 1.29 is 63.0 Å². The van der Waals surface area contributed by atoms with E-state index >= 15 is 0 Å². The van der Waals surface area contributed by atoms with Crippen LogP contribution < -0.4 is 16.0 Å². The number of carbonyl (C=O) groups is 6. The second-order valence-corrected chi connectivity index (χ2v) is 17.7. The van der Waals surface area contributed by atoms with E-state index < -0.39 is 45.5 Å². The fraction of sp³-hybridized carbons (Fsp3) is 0.250. The van der Waals surface area contributed by atoms with Crippen molar-refractivity contribution in [3.05, 3.63) is 137 Å². The van der Waals surface area contributed by atoms with Gasteiger partial charge in [-0.2, -0.15) is 0 Å². The molecule has 0 bridgehead atoms. The van der Waals surface area contributed by atoms with Gasteiger partial charge < -0.3 is 60.8 Å². The molecule has 1 aliphatic heterocycles. The predicted molar refractivity (Wildman–Crippen MR) is 255 cm³/mol. The molecular weight excluding hydrogens is 942 g/mol. The van der Waals surface area contributed by atoms with E-state index in [9.17, 15) is 58.8 Å². The average Bonchev–Trinajstić information content (AvgIpc) is 3.59. The highest BCUT2D eigenvalue weighted by Crippen LogP contribution is 2.44. The number of halogens is 3. The van der Waals surface area contributed by atoms with Crippen LogP contribution in [0.2, 0.25) is 10.0 Å². The highest BCUT2D eigenvalue weighted by molar-refractivity contribution is 6.41. The molecule has 7 N–H and O–H groups in total. The number of benzene rings is 5. The van der Waals surface area contributed by atoms with Crippen molar-refractivity contribution >= 4 is 75.3 Å². The fourth-order valence-electron chi connectivity index (χ4n) is 7.56. The van der Waals surface area contributed by atoms with Crippen molar-refractivity contribution in [2.75, 3.05) is 97.5 Å². The van der Waals surface area contributed by atoms with Crippen molar-refractivity contribution in [1.82, 2.24) is 9.80 Å². The third-order valence-corrected chi connectivity index (χ3v) is 11.5. The summed E-state index contributed by atoms with van der Waals surface area (Å²) in [5, 5.41) is 62.0. The number of aromatic hydroxyl groups is 4. The van der Waals surface area contributed by atoms with E-state index in [1.54, 1.807) is 18.2 Å². The minimum absolute atomic E-state index is 0.0206. The zero-order valence-electron chi connectivity index (χ0n) is 38.0. The van der Waals surface area contributed by atoms with Crippen molar-refractivity contribution in [3.63, 3.8) is 0 Å². The Morgan fingerprint density at radius 1 is 0.507 bits per heavy atom. The van der Waals surface area contributed by atoms with E-state index in [-0.39, 0.29) is 102 Å². The van der Waals surface area contributed by atoms with Crippen molar-refractivity contribution in [3.8, 4) is 23.0 Å². The third kappa shape index (κ3) is 10.6. The van der Waals surface area contributed by atoms with Gasteiger partial charge in [0.1, 0.15) is 34.4 Å². The number of rotatable bonds is 12. The summed E-state index contributed by atoms with van der Waals surface area (Å²) in [6, 6.07) is 13.5. The molecule has 18 nitrogen and oxygen atoms in total. The van der Waals surface area contributed by atoms with Crippen LogP contribution in [0, 0.1) is 11.0 Å². The first-order chi connectivity index (χ1) is 32.4. The number of hydroxylamine groups is 3. The molecule has 5 aromatic rings. The predicted octanol–water partition coefficient (Wildman–Crippen LogP) is 6.12. The lowest BCUT2D eigenvalue weighted by atomic mass is 9.81. The van der Waals surface area contributed by atoms with Crippen LogP contribution in [0.4, 0.5) is 21.5 Å². The average molecular weight is 990 g/mol. The highest BCUT2D eigenvalue weighted by Gasteiger charge is 2.40. The number of ether oxygens (including phenoxy) is 1. The van der Waals surface area contributed by atoms with Crippen molar-refractivity contribution in [1.29, 1.82) is 0 Å². The van der Waals surface area contributed by atoms with Gasteiger partial charge >= 0.3 is 11.9 Å². The van der Waals surface area contributed by atoms with Crippen LogP contribution in [0.3, 0.4) is 0 Å². The van der Waals surface area contributed by atoms with Gasteiger partial charge in [0.05, 0.1) is 87.3 Å². The Morgan fingerprint density at radius 3 is 1.23 bits per heavy atom. The van der Waals surface area contributed by atoms with Gasteiger partial charge in [-0.05, 0) is 88.9 Å². The number of anilines is 3. The molecule has 3 aliphatic rings. The van der Waals surface area contributed by atoms with Crippen LogP contribution in [-0.2, 0) is 4.74 Å². The number of phenols is 4. The molecule has 0 saturated carbocycles. The van der Waals surface area contributed by atoms with Gasteiger partial charge in [0, 0.05) is 43.2 Å². The lowest BCUT2D eigenvalue weighted by Crippen LogP contribution is -2.37. The monoisotopic (exact) mass is 988 g/mol. The number of likely N-dealkylation sites (N-methyl/N-ethyl adjacent to an activating group) is 3. The van der Waals surface area contributed by atoms with E-state index in [0.717, 1.165) is 12.6 Å². The second kappa shape index (κ2) is 20.6. The molecule has 0 unspecified atom stereocenters. The summed E-state index contributed by atoms with van der Waals surface area (Å²) in [5.74, 6) is -6.37. The third-order valence-electron chi connectivity index (χ3n) is 10.9. The first-order valence-electron chi connectivity index (χ1n) is 21.0. The van der Waals surface area contributed by atoms with Crippen molar-refractivity contribution in [2.24, 2.45) is 0 Å². The van der Waals surface area contributed by atoms with E-state index in [2.05, 4.69) is 20.7 Å². The van der Waals surface area contributed by atoms with Crippen LogP contribution >= 0.6 is 23.2 Å². The summed E-state index contributed by atoms with van der Waals surface area (Å²) < 4.78 is 16.7. The van der Waals surface area contributed by atoms with Gasteiger partial charge in [0.2, 0.25) is 17.3 Å². The summed E-state index contributed by atoms with van der Waals surface area (Å²) in [6.07, 6.45) is 0. The SMILES string of the molecule is CN(C)CCNc1ccc(Cl)c2c1C(=O)c1c(O)ccc(O)c1C2=O.CN(C)CCNc1ccc(NCC[N+](C)(C)[O-])c2c1C(=O)c1c(O)ccc(O)c1C2=O.O=C1OC(=O)c2c(Cl)ccc(F)c21. The van der Waals surface area contributed by atoms with Crippen LogP contribution in [0.1, 0.15) is 84.4 Å². The largest absolute Gasteiger partial charge is 0.633 e. The number of hydrogen-bond acceptors (Lipinski definition) is 17. The normalized spacial score (nSPS) is 13.3. The summed E-state index contributed by atoms with van der Waals surface area (Å²) in [7, 11) is 10.7. The number of carbonyl (C=O) groups excluding carboxylic acids is 6. The molecule has 0 fully saturated rings. The zero-order chi connectivity index (χ0) is 50.8. The molecule has 362 valence electrons. The fourth-order valence-corrected chi connectivity index (χ4v) is 8.04. The maximum Gasteiger partial charge on any atom is 0.349 e. The number of hydrogen-bond donors (Lipinski definition) is 7. The van der Waals surface area contributed by atoms with Crippen LogP contribution in [0.15, 0.2) is 60.7 Å². The molecule has 0 aromatic heterocycles. The first kappa shape index (κ1) is 51.3. The highest BCUT2D eigenvalue weighted by atomic mass is 35.5. The smallest absolute Gasteiger partial charge is 0.349 e. The Hall–Kier alpha value is -7.13. The maximum atomic E-state index is 13.4. The molecular formula is C48H47Cl2FN6O12. The number of nitrogens with one attached hydrogen (secondary N) is 3. The molecule has 0 spiro atoms. The Labute approximate surface area is 404 Å². The quantitative estimate of drug-likeness (QED) is 0.0239. The van der Waals surface area contributed by atoms with Crippen LogP contribution in [-0.4, -0.2) is 151 Å². The number of fused-ring (bicyclic) bond motifs is 5.